The van der Waals surface area contributed by atoms with Gasteiger partial charge in [-0.15, -0.1) is 0 Å². The van der Waals surface area contributed by atoms with E-state index in [0.717, 1.165) is 47.7 Å². The van der Waals surface area contributed by atoms with Crippen molar-refractivity contribution in [3.8, 4) is 17.2 Å². The van der Waals surface area contributed by atoms with Crippen LogP contribution in [0.2, 0.25) is 0 Å². The van der Waals surface area contributed by atoms with Crippen LogP contribution in [0.4, 0.5) is 0 Å². The van der Waals surface area contributed by atoms with Gasteiger partial charge < -0.3 is 19.5 Å². The van der Waals surface area contributed by atoms with Gasteiger partial charge in [0.2, 0.25) is 0 Å². The van der Waals surface area contributed by atoms with Crippen LogP contribution in [0.5, 0.6) is 17.2 Å². The summed E-state index contributed by atoms with van der Waals surface area (Å²) in [6.45, 7) is 2.86. The number of aromatic nitrogens is 1. The number of pyridine rings is 1. The Morgan fingerprint density at radius 1 is 1.08 bits per heavy atom. The molecule has 0 saturated carbocycles. The van der Waals surface area contributed by atoms with Gasteiger partial charge in [-0.2, -0.15) is 0 Å². The van der Waals surface area contributed by atoms with Gasteiger partial charge in [0, 0.05) is 24.2 Å². The number of hydrogen-bond donors (Lipinski definition) is 1. The van der Waals surface area contributed by atoms with Crippen molar-refractivity contribution in [1.29, 1.82) is 0 Å². The van der Waals surface area contributed by atoms with Crippen LogP contribution in [0, 0.1) is 0 Å². The molecule has 0 fully saturated rings. The highest BCUT2D eigenvalue weighted by Gasteiger charge is 2.19. The van der Waals surface area contributed by atoms with Crippen LogP contribution in [0.15, 0.2) is 60.8 Å². The number of nitrogens with zero attached hydrogens (tertiary/aromatic N) is 1. The zero-order chi connectivity index (χ0) is 17.6. The van der Waals surface area contributed by atoms with Crippen LogP contribution in [0.3, 0.4) is 0 Å². The maximum atomic E-state index is 5.92. The summed E-state index contributed by atoms with van der Waals surface area (Å²) < 4.78 is 17.5. The lowest BCUT2D eigenvalue weighted by molar-refractivity contribution is 0.0902. The van der Waals surface area contributed by atoms with Gasteiger partial charge in [0.25, 0.3) is 0 Å². The highest BCUT2D eigenvalue weighted by molar-refractivity contribution is 5.79. The molecule has 1 aliphatic rings. The van der Waals surface area contributed by atoms with E-state index in [4.69, 9.17) is 14.2 Å². The molecule has 0 amide bonds. The maximum absolute atomic E-state index is 5.92. The van der Waals surface area contributed by atoms with Gasteiger partial charge in [0.1, 0.15) is 18.5 Å². The van der Waals surface area contributed by atoms with E-state index in [1.54, 1.807) is 6.20 Å². The van der Waals surface area contributed by atoms with Gasteiger partial charge in [-0.1, -0.05) is 18.2 Å². The highest BCUT2D eigenvalue weighted by Crippen LogP contribution is 2.30. The quantitative estimate of drug-likeness (QED) is 0.662. The first-order valence-corrected chi connectivity index (χ1v) is 8.95. The molecule has 0 radical (unpaired) electrons. The minimum atomic E-state index is 0.0392. The summed E-state index contributed by atoms with van der Waals surface area (Å²) in [5.74, 6) is 2.50. The van der Waals surface area contributed by atoms with E-state index in [2.05, 4.69) is 10.3 Å². The molecule has 3 aromatic rings. The first-order chi connectivity index (χ1) is 12.9. The third-order valence-electron chi connectivity index (χ3n) is 4.28. The van der Waals surface area contributed by atoms with Gasteiger partial charge in [-0.05, 0) is 43.3 Å². The summed E-state index contributed by atoms with van der Waals surface area (Å²) in [5, 5.41) is 4.53. The van der Waals surface area contributed by atoms with Crippen LogP contribution in [0.1, 0.15) is 6.42 Å². The van der Waals surface area contributed by atoms with Crippen molar-refractivity contribution in [3.63, 3.8) is 0 Å². The van der Waals surface area contributed by atoms with E-state index < -0.39 is 0 Å². The molecule has 0 spiro atoms. The number of nitrogens with one attached hydrogen (secondary N) is 1. The Bertz CT molecular complexity index is 869. The smallest absolute Gasteiger partial charge is 0.161 e. The van der Waals surface area contributed by atoms with Crippen LogP contribution in [-0.4, -0.2) is 37.4 Å². The molecule has 134 valence electrons. The highest BCUT2D eigenvalue weighted by atomic mass is 16.6. The minimum Gasteiger partial charge on any atom is -0.493 e. The van der Waals surface area contributed by atoms with Crippen LogP contribution >= 0.6 is 0 Å². The van der Waals surface area contributed by atoms with E-state index in [9.17, 15) is 0 Å². The maximum Gasteiger partial charge on any atom is 0.161 e. The number of rotatable bonds is 7. The molecule has 0 unspecified atom stereocenters. The summed E-state index contributed by atoms with van der Waals surface area (Å²) in [6, 6.07) is 17.8. The van der Waals surface area contributed by atoms with Gasteiger partial charge in [0.05, 0.1) is 12.1 Å². The molecule has 4 rings (SSSR count). The van der Waals surface area contributed by atoms with Crippen molar-refractivity contribution in [2.75, 3.05) is 26.3 Å². The van der Waals surface area contributed by atoms with Crippen molar-refractivity contribution >= 4 is 10.9 Å². The zero-order valence-corrected chi connectivity index (χ0v) is 14.6. The van der Waals surface area contributed by atoms with Crippen molar-refractivity contribution in [3.05, 3.63) is 60.8 Å². The van der Waals surface area contributed by atoms with Crippen molar-refractivity contribution in [2.24, 2.45) is 0 Å². The van der Waals surface area contributed by atoms with Gasteiger partial charge in [-0.3, -0.25) is 4.98 Å². The topological polar surface area (TPSA) is 52.6 Å². The van der Waals surface area contributed by atoms with E-state index in [-0.39, 0.29) is 6.10 Å². The summed E-state index contributed by atoms with van der Waals surface area (Å²) >= 11 is 0. The fourth-order valence-electron chi connectivity index (χ4n) is 2.95. The van der Waals surface area contributed by atoms with E-state index >= 15 is 0 Å². The Kier molecular flexibility index (Phi) is 5.17. The third kappa shape index (κ3) is 4.06. The molecular formula is C21H22N2O3. The fraction of sp³-hybridized carbons (Fsp3) is 0.286. The van der Waals surface area contributed by atoms with Crippen LogP contribution in [-0.2, 0) is 0 Å². The first-order valence-electron chi connectivity index (χ1n) is 8.95. The van der Waals surface area contributed by atoms with Crippen molar-refractivity contribution in [1.82, 2.24) is 10.3 Å². The Labute approximate surface area is 152 Å². The lowest BCUT2D eigenvalue weighted by Crippen LogP contribution is -2.39. The Morgan fingerprint density at radius 2 is 2.00 bits per heavy atom. The lowest BCUT2D eigenvalue weighted by atomic mass is 10.2. The molecule has 1 atom stereocenters. The largest absolute Gasteiger partial charge is 0.493 e. The van der Waals surface area contributed by atoms with Crippen molar-refractivity contribution in [2.45, 2.75) is 12.5 Å². The molecule has 1 aromatic heterocycles. The Balaban J connectivity index is 1.15. The van der Waals surface area contributed by atoms with Gasteiger partial charge in [-0.25, -0.2) is 0 Å². The Morgan fingerprint density at radius 3 is 2.96 bits per heavy atom. The molecule has 5 nitrogen and oxygen atoms in total. The molecule has 2 aromatic carbocycles. The van der Waals surface area contributed by atoms with Crippen LogP contribution < -0.4 is 19.5 Å². The SMILES string of the molecule is c1ccc2c(c1)OC[C@H](CNCCCOc1ccc3cccnc3c1)O2. The van der Waals surface area contributed by atoms with E-state index in [1.807, 2.05) is 54.6 Å². The Hall–Kier alpha value is -2.79. The second kappa shape index (κ2) is 8.06. The monoisotopic (exact) mass is 350 g/mol. The molecule has 1 aliphatic heterocycles. The number of ether oxygens (including phenoxy) is 3. The van der Waals surface area contributed by atoms with E-state index in [1.165, 1.54) is 0 Å². The van der Waals surface area contributed by atoms with Crippen LogP contribution in [0.25, 0.3) is 10.9 Å². The predicted octanol–water partition coefficient (Wildman–Crippen LogP) is 3.43. The van der Waals surface area contributed by atoms with E-state index in [0.29, 0.717) is 13.2 Å². The number of hydrogen-bond acceptors (Lipinski definition) is 5. The molecule has 0 aliphatic carbocycles. The van der Waals surface area contributed by atoms with Gasteiger partial charge in [0.15, 0.2) is 11.5 Å². The van der Waals surface area contributed by atoms with Crippen molar-refractivity contribution < 1.29 is 14.2 Å². The fourth-order valence-corrected chi connectivity index (χ4v) is 2.95. The first kappa shape index (κ1) is 16.7. The lowest BCUT2D eigenvalue weighted by Gasteiger charge is -2.26. The summed E-state index contributed by atoms with van der Waals surface area (Å²) in [7, 11) is 0. The number of benzene rings is 2. The molecule has 0 saturated heterocycles. The molecule has 5 heteroatoms. The molecule has 26 heavy (non-hydrogen) atoms. The average molecular weight is 350 g/mol. The summed E-state index contributed by atoms with van der Waals surface area (Å²) in [4.78, 5) is 4.35. The average Bonchev–Trinajstić information content (AvgIpc) is 2.70. The molecule has 2 heterocycles. The third-order valence-corrected chi connectivity index (χ3v) is 4.28. The molecule has 0 bridgehead atoms. The second-order valence-corrected chi connectivity index (χ2v) is 6.26. The standard InChI is InChI=1S/C21H22N2O3/c1-2-7-21-20(6-1)25-15-18(26-21)14-22-10-4-12-24-17-9-8-16-5-3-11-23-19(16)13-17/h1-3,5-9,11,13,18,22H,4,10,12,14-15H2/t18-/m0/s1. The van der Waals surface area contributed by atoms with Gasteiger partial charge >= 0.3 is 0 Å². The number of para-hydroxylation sites is 2. The zero-order valence-electron chi connectivity index (χ0n) is 14.6. The molecular weight excluding hydrogens is 328 g/mol. The second-order valence-electron chi connectivity index (χ2n) is 6.26. The summed E-state index contributed by atoms with van der Waals surface area (Å²) in [6.07, 6.45) is 2.76. The predicted molar refractivity (Wildman–Crippen MR) is 101 cm³/mol. The normalized spacial score (nSPS) is 15.8. The minimum absolute atomic E-state index is 0.0392. The molecule has 1 N–H and O–H groups in total. The summed E-state index contributed by atoms with van der Waals surface area (Å²) in [5.41, 5.74) is 0.956. The number of fused-ring (bicyclic) bond motifs is 2.